The summed E-state index contributed by atoms with van der Waals surface area (Å²) in [5.41, 5.74) is 4.82. The number of halogens is 1. The van der Waals surface area contributed by atoms with E-state index in [4.69, 9.17) is 14.5 Å². The molecule has 1 saturated heterocycles. The fraction of sp³-hybridized carbons (Fsp3) is 0.480. The molecule has 1 aliphatic rings. The molecule has 0 amide bonds. The molecule has 0 radical (unpaired) electrons. The number of ether oxygens (including phenoxy) is 2. The SMILES string of the molecule is CCNC(=NCc1cccc(CN(C)C)c1)NCc1ccc(C)cc1OC1CCOC1.I. The van der Waals surface area contributed by atoms with Gasteiger partial charge < -0.3 is 25.0 Å². The van der Waals surface area contributed by atoms with Crippen LogP contribution < -0.4 is 15.4 Å². The Morgan fingerprint density at radius 1 is 1.16 bits per heavy atom. The van der Waals surface area contributed by atoms with Crippen LogP contribution in [-0.4, -0.2) is 50.8 Å². The Balaban J connectivity index is 0.00000363. The van der Waals surface area contributed by atoms with E-state index in [1.54, 1.807) is 0 Å². The summed E-state index contributed by atoms with van der Waals surface area (Å²) in [6.45, 7) is 8.62. The van der Waals surface area contributed by atoms with Gasteiger partial charge in [0, 0.05) is 31.6 Å². The van der Waals surface area contributed by atoms with Crippen molar-refractivity contribution in [1.82, 2.24) is 15.5 Å². The first-order chi connectivity index (χ1) is 15.0. The molecule has 3 rings (SSSR count). The number of nitrogens with one attached hydrogen (secondary N) is 2. The number of aryl methyl sites for hydroxylation is 1. The highest BCUT2D eigenvalue weighted by molar-refractivity contribution is 14.0. The van der Waals surface area contributed by atoms with E-state index in [1.807, 2.05) is 0 Å². The van der Waals surface area contributed by atoms with Gasteiger partial charge in [-0.05, 0) is 50.7 Å². The van der Waals surface area contributed by atoms with E-state index in [1.165, 1.54) is 16.7 Å². The van der Waals surface area contributed by atoms with Crippen LogP contribution in [0.15, 0.2) is 47.5 Å². The summed E-state index contributed by atoms with van der Waals surface area (Å²) < 4.78 is 11.7. The second kappa shape index (κ2) is 13.6. The number of rotatable bonds is 9. The Bertz CT molecular complexity index is 867. The first-order valence-electron chi connectivity index (χ1n) is 11.1. The summed E-state index contributed by atoms with van der Waals surface area (Å²) in [6, 6.07) is 15.0. The summed E-state index contributed by atoms with van der Waals surface area (Å²) in [5.74, 6) is 1.73. The number of hydrogen-bond acceptors (Lipinski definition) is 4. The van der Waals surface area contributed by atoms with Crippen molar-refractivity contribution in [3.63, 3.8) is 0 Å². The molecule has 0 spiro atoms. The van der Waals surface area contributed by atoms with Crippen molar-refractivity contribution in [3.05, 3.63) is 64.7 Å². The molecule has 0 saturated carbocycles. The number of guanidine groups is 1. The normalized spacial score (nSPS) is 16.0. The van der Waals surface area contributed by atoms with Crippen molar-refractivity contribution in [2.45, 2.75) is 46.0 Å². The van der Waals surface area contributed by atoms with Crippen LogP contribution in [0.3, 0.4) is 0 Å². The molecule has 1 aliphatic heterocycles. The fourth-order valence-electron chi connectivity index (χ4n) is 3.59. The van der Waals surface area contributed by atoms with E-state index < -0.39 is 0 Å². The van der Waals surface area contributed by atoms with Gasteiger partial charge in [0.15, 0.2) is 5.96 Å². The monoisotopic (exact) mass is 552 g/mol. The van der Waals surface area contributed by atoms with Gasteiger partial charge in [-0.3, -0.25) is 0 Å². The molecule has 0 aliphatic carbocycles. The van der Waals surface area contributed by atoms with Crippen LogP contribution in [-0.2, 0) is 24.4 Å². The zero-order valence-electron chi connectivity index (χ0n) is 19.7. The van der Waals surface area contributed by atoms with Gasteiger partial charge in [-0.15, -0.1) is 24.0 Å². The van der Waals surface area contributed by atoms with Crippen molar-refractivity contribution >= 4 is 29.9 Å². The van der Waals surface area contributed by atoms with Crippen LogP contribution in [0.4, 0.5) is 0 Å². The summed E-state index contributed by atoms with van der Waals surface area (Å²) in [7, 11) is 4.17. The van der Waals surface area contributed by atoms with Crippen molar-refractivity contribution in [3.8, 4) is 5.75 Å². The van der Waals surface area contributed by atoms with Gasteiger partial charge in [-0.2, -0.15) is 0 Å². The average Bonchev–Trinajstić information content (AvgIpc) is 3.24. The maximum atomic E-state index is 6.22. The Labute approximate surface area is 209 Å². The smallest absolute Gasteiger partial charge is 0.191 e. The predicted octanol–water partition coefficient (Wildman–Crippen LogP) is 4.10. The molecule has 2 aromatic rings. The third kappa shape index (κ3) is 8.60. The van der Waals surface area contributed by atoms with Crippen LogP contribution in [0.2, 0.25) is 0 Å². The molecular formula is C25H37IN4O2. The van der Waals surface area contributed by atoms with Crippen molar-refractivity contribution in [1.29, 1.82) is 0 Å². The van der Waals surface area contributed by atoms with Gasteiger partial charge in [0.2, 0.25) is 0 Å². The van der Waals surface area contributed by atoms with Crippen LogP contribution in [0, 0.1) is 6.92 Å². The minimum Gasteiger partial charge on any atom is -0.488 e. The van der Waals surface area contributed by atoms with E-state index in [-0.39, 0.29) is 30.1 Å². The molecule has 6 nitrogen and oxygen atoms in total. The largest absolute Gasteiger partial charge is 0.488 e. The molecular weight excluding hydrogens is 515 g/mol. The van der Waals surface area contributed by atoms with Gasteiger partial charge >= 0.3 is 0 Å². The van der Waals surface area contributed by atoms with Crippen molar-refractivity contribution in [2.24, 2.45) is 4.99 Å². The van der Waals surface area contributed by atoms with Crippen molar-refractivity contribution in [2.75, 3.05) is 33.9 Å². The third-order valence-corrected chi connectivity index (χ3v) is 5.10. The summed E-state index contributed by atoms with van der Waals surface area (Å²) in [4.78, 5) is 6.96. The number of hydrogen-bond donors (Lipinski definition) is 2. The molecule has 7 heteroatoms. The Kier molecular flexibility index (Phi) is 11.3. The van der Waals surface area contributed by atoms with E-state index >= 15 is 0 Å². The van der Waals surface area contributed by atoms with Gasteiger partial charge in [-0.25, -0.2) is 4.99 Å². The second-order valence-corrected chi connectivity index (χ2v) is 8.32. The maximum absolute atomic E-state index is 6.22. The van der Waals surface area contributed by atoms with Crippen LogP contribution in [0.1, 0.15) is 35.6 Å². The van der Waals surface area contributed by atoms with Gasteiger partial charge in [0.1, 0.15) is 11.9 Å². The van der Waals surface area contributed by atoms with Crippen LogP contribution in [0.25, 0.3) is 0 Å². The van der Waals surface area contributed by atoms with Crippen LogP contribution >= 0.6 is 24.0 Å². The van der Waals surface area contributed by atoms with E-state index in [9.17, 15) is 0 Å². The van der Waals surface area contributed by atoms with Crippen LogP contribution in [0.5, 0.6) is 5.75 Å². The highest BCUT2D eigenvalue weighted by atomic mass is 127. The number of benzene rings is 2. The quantitative estimate of drug-likeness (QED) is 0.279. The summed E-state index contributed by atoms with van der Waals surface area (Å²) >= 11 is 0. The lowest BCUT2D eigenvalue weighted by Gasteiger charge is -2.18. The topological polar surface area (TPSA) is 58.1 Å². The zero-order valence-corrected chi connectivity index (χ0v) is 22.0. The first kappa shape index (κ1) is 26.4. The molecule has 1 heterocycles. The van der Waals surface area contributed by atoms with Gasteiger partial charge in [0.05, 0.1) is 19.8 Å². The molecule has 0 aromatic heterocycles. The fourth-order valence-corrected chi connectivity index (χ4v) is 3.59. The molecule has 176 valence electrons. The lowest BCUT2D eigenvalue weighted by atomic mass is 10.1. The average molecular weight is 553 g/mol. The highest BCUT2D eigenvalue weighted by Crippen LogP contribution is 2.23. The maximum Gasteiger partial charge on any atom is 0.191 e. The molecule has 32 heavy (non-hydrogen) atoms. The number of aliphatic imine (C=N–C) groups is 1. The van der Waals surface area contributed by atoms with Gasteiger partial charge in [-0.1, -0.05) is 36.4 Å². The first-order valence-corrected chi connectivity index (χ1v) is 11.1. The highest BCUT2D eigenvalue weighted by Gasteiger charge is 2.18. The van der Waals surface area contributed by atoms with Crippen molar-refractivity contribution < 1.29 is 9.47 Å². The summed E-state index contributed by atoms with van der Waals surface area (Å²) in [6.07, 6.45) is 1.08. The standard InChI is InChI=1S/C25H36N4O2.HI/c1-5-26-25(27-15-20-7-6-8-21(14-20)17-29(3)4)28-16-22-10-9-19(2)13-24(22)31-23-11-12-30-18-23;/h6-10,13-14,23H,5,11-12,15-18H2,1-4H3,(H2,26,27,28);1H. The van der Waals surface area contributed by atoms with E-state index in [2.05, 4.69) is 85.9 Å². The lowest BCUT2D eigenvalue weighted by molar-refractivity contribution is 0.140. The molecule has 2 aromatic carbocycles. The van der Waals surface area contributed by atoms with E-state index in [0.717, 1.165) is 43.4 Å². The third-order valence-electron chi connectivity index (χ3n) is 5.10. The molecule has 1 fully saturated rings. The second-order valence-electron chi connectivity index (χ2n) is 8.32. The Hall–Kier alpha value is -1.84. The number of nitrogens with zero attached hydrogens (tertiary/aromatic N) is 2. The molecule has 2 N–H and O–H groups in total. The molecule has 1 unspecified atom stereocenters. The summed E-state index contributed by atoms with van der Waals surface area (Å²) in [5, 5.41) is 6.80. The minimum atomic E-state index is 0. The van der Waals surface area contributed by atoms with Gasteiger partial charge in [0.25, 0.3) is 0 Å². The minimum absolute atomic E-state index is 0. The molecule has 0 bridgehead atoms. The predicted molar refractivity (Wildman–Crippen MR) is 142 cm³/mol. The Morgan fingerprint density at radius 2 is 1.97 bits per heavy atom. The zero-order chi connectivity index (χ0) is 22.1. The molecule has 1 atom stereocenters. The van der Waals surface area contributed by atoms with E-state index in [0.29, 0.717) is 19.7 Å². The lowest BCUT2D eigenvalue weighted by Crippen LogP contribution is -2.37. The Morgan fingerprint density at radius 3 is 2.69 bits per heavy atom.